The summed E-state index contributed by atoms with van der Waals surface area (Å²) in [6.45, 7) is 6.34. The van der Waals surface area contributed by atoms with Gasteiger partial charge in [-0.05, 0) is 55.8 Å². The van der Waals surface area contributed by atoms with Crippen LogP contribution in [0.25, 0.3) is 0 Å². The minimum absolute atomic E-state index is 0.317. The van der Waals surface area contributed by atoms with E-state index in [4.69, 9.17) is 0 Å². The third kappa shape index (κ3) is 5.26. The van der Waals surface area contributed by atoms with Crippen molar-refractivity contribution in [2.24, 2.45) is 0 Å². The molecule has 0 aliphatic heterocycles. The lowest BCUT2D eigenvalue weighted by molar-refractivity contribution is -0.134. The van der Waals surface area contributed by atoms with Gasteiger partial charge in [0.05, 0.1) is 6.54 Å². The van der Waals surface area contributed by atoms with Gasteiger partial charge in [-0.15, -0.1) is 0 Å². The fraction of sp³-hybridized carbons (Fsp3) is 0.200. The molecule has 0 fully saturated rings. The number of nitrogens with one attached hydrogen (secondary N) is 1. The van der Waals surface area contributed by atoms with E-state index in [-0.39, 0.29) is 0 Å². The van der Waals surface area contributed by atoms with Gasteiger partial charge in [0.15, 0.2) is 0 Å². The molecule has 0 spiro atoms. The Morgan fingerprint density at radius 3 is 1.87 bits per heavy atom. The lowest BCUT2D eigenvalue weighted by Crippen LogP contribution is -2.39. The summed E-state index contributed by atoms with van der Waals surface area (Å²) >= 11 is 0. The summed E-state index contributed by atoms with van der Waals surface area (Å²) in [5.41, 5.74) is 3.31. The average Bonchev–Trinajstić information content (AvgIpc) is 2.80. The molecule has 0 bridgehead atoms. The van der Waals surface area contributed by atoms with Crippen LogP contribution in [-0.4, -0.2) is 24.9 Å². The zero-order valence-corrected chi connectivity index (χ0v) is 17.4. The highest BCUT2D eigenvalue weighted by atomic mass is 16.2. The SMILES string of the molecule is CCN(CC)c1ccc(NC(=O)C(=O)N(Cc2ccccc2)c2ccccc2)cc1. The monoisotopic (exact) mass is 401 g/mol. The molecule has 0 aliphatic carbocycles. The molecule has 2 amide bonds. The molecule has 1 N–H and O–H groups in total. The van der Waals surface area contributed by atoms with E-state index in [0.29, 0.717) is 17.9 Å². The molecule has 0 heterocycles. The Kier molecular flexibility index (Phi) is 7.22. The fourth-order valence-corrected chi connectivity index (χ4v) is 3.31. The first-order chi connectivity index (χ1) is 14.6. The molecule has 5 heteroatoms. The maximum Gasteiger partial charge on any atom is 0.316 e. The van der Waals surface area contributed by atoms with Gasteiger partial charge in [-0.25, -0.2) is 0 Å². The summed E-state index contributed by atoms with van der Waals surface area (Å²) in [4.78, 5) is 29.5. The van der Waals surface area contributed by atoms with E-state index in [2.05, 4.69) is 24.1 Å². The third-order valence-electron chi connectivity index (χ3n) is 4.94. The Labute approximate surface area is 177 Å². The third-order valence-corrected chi connectivity index (χ3v) is 4.94. The quantitative estimate of drug-likeness (QED) is 0.584. The molecule has 0 radical (unpaired) electrons. The Hall–Kier alpha value is -3.60. The normalized spacial score (nSPS) is 10.3. The molecule has 0 unspecified atom stereocenters. The van der Waals surface area contributed by atoms with Gasteiger partial charge in [0.1, 0.15) is 0 Å². The van der Waals surface area contributed by atoms with Crippen molar-refractivity contribution in [1.29, 1.82) is 0 Å². The van der Waals surface area contributed by atoms with Crippen LogP contribution < -0.4 is 15.1 Å². The number of para-hydroxylation sites is 1. The molecule has 3 rings (SSSR count). The van der Waals surface area contributed by atoms with E-state index in [9.17, 15) is 9.59 Å². The van der Waals surface area contributed by atoms with Gasteiger partial charge in [0, 0.05) is 30.2 Å². The van der Waals surface area contributed by atoms with Crippen molar-refractivity contribution >= 4 is 28.9 Å². The minimum atomic E-state index is -0.662. The summed E-state index contributed by atoms with van der Waals surface area (Å²) in [6, 6.07) is 26.4. The Morgan fingerprint density at radius 1 is 0.733 bits per heavy atom. The molecule has 0 atom stereocenters. The van der Waals surface area contributed by atoms with Crippen molar-refractivity contribution in [2.75, 3.05) is 28.2 Å². The fourth-order valence-electron chi connectivity index (χ4n) is 3.31. The van der Waals surface area contributed by atoms with E-state index in [0.717, 1.165) is 24.3 Å². The molecule has 3 aromatic carbocycles. The predicted molar refractivity (Wildman–Crippen MR) is 123 cm³/mol. The largest absolute Gasteiger partial charge is 0.372 e. The number of amides is 2. The zero-order valence-electron chi connectivity index (χ0n) is 17.4. The Bertz CT molecular complexity index is 953. The first kappa shape index (κ1) is 21.1. The molecule has 0 saturated carbocycles. The molecule has 3 aromatic rings. The number of nitrogens with zero attached hydrogens (tertiary/aromatic N) is 2. The van der Waals surface area contributed by atoms with Crippen molar-refractivity contribution in [3.8, 4) is 0 Å². The number of hydrogen-bond donors (Lipinski definition) is 1. The van der Waals surface area contributed by atoms with Crippen LogP contribution in [-0.2, 0) is 16.1 Å². The number of rotatable bonds is 7. The smallest absolute Gasteiger partial charge is 0.316 e. The number of anilines is 3. The molecule has 154 valence electrons. The van der Waals surface area contributed by atoms with Crippen LogP contribution in [0.3, 0.4) is 0 Å². The van der Waals surface area contributed by atoms with Crippen LogP contribution in [0.15, 0.2) is 84.9 Å². The maximum atomic E-state index is 13.0. The number of hydrogen-bond acceptors (Lipinski definition) is 3. The highest BCUT2D eigenvalue weighted by Gasteiger charge is 2.23. The summed E-state index contributed by atoms with van der Waals surface area (Å²) in [5, 5.41) is 2.73. The second-order valence-corrected chi connectivity index (χ2v) is 6.89. The van der Waals surface area contributed by atoms with Crippen molar-refractivity contribution in [3.63, 3.8) is 0 Å². The van der Waals surface area contributed by atoms with Crippen LogP contribution in [0.1, 0.15) is 19.4 Å². The van der Waals surface area contributed by atoms with Crippen LogP contribution >= 0.6 is 0 Å². The van der Waals surface area contributed by atoms with Gasteiger partial charge in [0.25, 0.3) is 0 Å². The Morgan fingerprint density at radius 2 is 1.30 bits per heavy atom. The molecule has 30 heavy (non-hydrogen) atoms. The summed E-state index contributed by atoms with van der Waals surface area (Å²) in [6.07, 6.45) is 0. The Balaban J connectivity index is 1.76. The molecular weight excluding hydrogens is 374 g/mol. The standard InChI is InChI=1S/C25H27N3O2/c1-3-27(4-2)22-17-15-21(16-18-22)26-24(29)25(30)28(23-13-9-6-10-14-23)19-20-11-7-5-8-12-20/h5-18H,3-4,19H2,1-2H3,(H,26,29). The first-order valence-corrected chi connectivity index (χ1v) is 10.2. The van der Waals surface area contributed by atoms with Gasteiger partial charge < -0.3 is 10.2 Å². The van der Waals surface area contributed by atoms with Crippen LogP contribution in [0, 0.1) is 0 Å². The summed E-state index contributed by atoms with van der Waals surface area (Å²) in [7, 11) is 0. The van der Waals surface area contributed by atoms with Gasteiger partial charge >= 0.3 is 11.8 Å². The maximum absolute atomic E-state index is 13.0. The van der Waals surface area contributed by atoms with E-state index in [1.165, 1.54) is 4.90 Å². The van der Waals surface area contributed by atoms with E-state index in [1.54, 1.807) is 0 Å². The van der Waals surface area contributed by atoms with Crippen molar-refractivity contribution in [2.45, 2.75) is 20.4 Å². The van der Waals surface area contributed by atoms with Crippen LogP contribution in [0.5, 0.6) is 0 Å². The summed E-state index contributed by atoms with van der Waals surface area (Å²) in [5.74, 6) is -1.26. The second kappa shape index (κ2) is 10.3. The predicted octanol–water partition coefficient (Wildman–Crippen LogP) is 4.70. The molecule has 0 aromatic heterocycles. The van der Waals surface area contributed by atoms with Gasteiger partial charge in [-0.3, -0.25) is 14.5 Å². The zero-order chi connectivity index (χ0) is 21.3. The van der Waals surface area contributed by atoms with Crippen molar-refractivity contribution < 1.29 is 9.59 Å². The van der Waals surface area contributed by atoms with Gasteiger partial charge in [-0.1, -0.05) is 48.5 Å². The average molecular weight is 402 g/mol. The van der Waals surface area contributed by atoms with Gasteiger partial charge in [-0.2, -0.15) is 0 Å². The number of benzene rings is 3. The van der Waals surface area contributed by atoms with E-state index >= 15 is 0 Å². The number of carbonyl (C=O) groups is 2. The lowest BCUT2D eigenvalue weighted by atomic mass is 10.2. The van der Waals surface area contributed by atoms with Crippen LogP contribution in [0.4, 0.5) is 17.1 Å². The number of carbonyl (C=O) groups excluding carboxylic acids is 2. The van der Waals surface area contributed by atoms with E-state index in [1.807, 2.05) is 84.9 Å². The highest BCUT2D eigenvalue weighted by molar-refractivity contribution is 6.44. The second-order valence-electron chi connectivity index (χ2n) is 6.89. The minimum Gasteiger partial charge on any atom is -0.372 e. The lowest BCUT2D eigenvalue weighted by Gasteiger charge is -2.23. The molecular formula is C25H27N3O2. The topological polar surface area (TPSA) is 52.7 Å². The van der Waals surface area contributed by atoms with Crippen molar-refractivity contribution in [3.05, 3.63) is 90.5 Å². The molecule has 0 aliphatic rings. The highest BCUT2D eigenvalue weighted by Crippen LogP contribution is 2.20. The molecule has 0 saturated heterocycles. The first-order valence-electron chi connectivity index (χ1n) is 10.2. The van der Waals surface area contributed by atoms with E-state index < -0.39 is 11.8 Å². The van der Waals surface area contributed by atoms with Crippen LogP contribution in [0.2, 0.25) is 0 Å². The summed E-state index contributed by atoms with van der Waals surface area (Å²) < 4.78 is 0. The molecule has 5 nitrogen and oxygen atoms in total. The van der Waals surface area contributed by atoms with Crippen molar-refractivity contribution in [1.82, 2.24) is 0 Å². The van der Waals surface area contributed by atoms with Gasteiger partial charge in [0.2, 0.25) is 0 Å².